The van der Waals surface area contributed by atoms with Gasteiger partial charge in [-0.3, -0.25) is 10.2 Å². The van der Waals surface area contributed by atoms with Crippen molar-refractivity contribution in [2.75, 3.05) is 5.32 Å². The largest absolute Gasteiger partial charge is 0.378 e. The Morgan fingerprint density at radius 3 is 2.06 bits per heavy atom. The number of aromatic nitrogens is 4. The van der Waals surface area contributed by atoms with Crippen LogP contribution in [0.15, 0.2) is 0 Å². The van der Waals surface area contributed by atoms with Gasteiger partial charge in [0.2, 0.25) is 0 Å². The molecule has 2 aromatic heterocycles. The Hall–Kier alpha value is -1.78. The highest BCUT2D eigenvalue weighted by molar-refractivity contribution is 5.51. The van der Waals surface area contributed by atoms with Gasteiger partial charge >= 0.3 is 0 Å². The number of hydrogen-bond acceptors (Lipinski definition) is 3. The molecule has 3 N–H and O–H groups in total. The summed E-state index contributed by atoms with van der Waals surface area (Å²) in [7, 11) is 0. The summed E-state index contributed by atoms with van der Waals surface area (Å²) in [6, 6.07) is 0. The van der Waals surface area contributed by atoms with Crippen LogP contribution in [0.2, 0.25) is 0 Å². The molecule has 0 spiro atoms. The fourth-order valence-corrected chi connectivity index (χ4v) is 1.82. The van der Waals surface area contributed by atoms with Gasteiger partial charge in [0.05, 0.1) is 22.8 Å². The first kappa shape index (κ1) is 10.7. The normalized spacial score (nSPS) is 10.8. The molecule has 5 heteroatoms. The molecule has 0 bridgehead atoms. The van der Waals surface area contributed by atoms with Gasteiger partial charge in [-0.05, 0) is 27.7 Å². The van der Waals surface area contributed by atoms with Crippen molar-refractivity contribution in [3.63, 3.8) is 0 Å². The van der Waals surface area contributed by atoms with Crippen molar-refractivity contribution in [1.82, 2.24) is 20.4 Å². The summed E-state index contributed by atoms with van der Waals surface area (Å²) in [6.07, 6.45) is 0. The molecule has 0 unspecified atom stereocenters. The van der Waals surface area contributed by atoms with Crippen molar-refractivity contribution in [1.29, 1.82) is 0 Å². The van der Waals surface area contributed by atoms with Crippen molar-refractivity contribution in [2.45, 2.75) is 34.2 Å². The van der Waals surface area contributed by atoms with Crippen molar-refractivity contribution in [3.05, 3.63) is 28.3 Å². The molecule has 0 saturated carbocycles. The molecule has 0 fully saturated rings. The van der Waals surface area contributed by atoms with Gasteiger partial charge in [-0.1, -0.05) is 0 Å². The molecule has 16 heavy (non-hydrogen) atoms. The SMILES string of the molecule is Cc1n[nH]c(C)c1CNc1c(C)n[nH]c1C. The maximum atomic E-state index is 4.17. The number of nitrogens with one attached hydrogen (secondary N) is 3. The molecule has 2 rings (SSSR count). The third-order valence-electron chi connectivity index (χ3n) is 2.85. The molecule has 0 amide bonds. The summed E-state index contributed by atoms with van der Waals surface area (Å²) in [5.74, 6) is 0. The van der Waals surface area contributed by atoms with Crippen molar-refractivity contribution >= 4 is 5.69 Å². The summed E-state index contributed by atoms with van der Waals surface area (Å²) in [4.78, 5) is 0. The molecule has 0 aliphatic heterocycles. The highest BCUT2D eigenvalue weighted by Gasteiger charge is 2.09. The summed E-state index contributed by atoms with van der Waals surface area (Å²) in [6.45, 7) is 8.81. The highest BCUT2D eigenvalue weighted by atomic mass is 15.2. The lowest BCUT2D eigenvalue weighted by Crippen LogP contribution is -2.03. The summed E-state index contributed by atoms with van der Waals surface area (Å²) in [5, 5.41) is 17.7. The second kappa shape index (κ2) is 4.00. The Bertz CT molecular complexity index is 409. The summed E-state index contributed by atoms with van der Waals surface area (Å²) >= 11 is 0. The Balaban J connectivity index is 2.14. The number of rotatable bonds is 3. The lowest BCUT2D eigenvalue weighted by atomic mass is 10.2. The zero-order chi connectivity index (χ0) is 11.7. The first-order valence-corrected chi connectivity index (χ1v) is 5.35. The number of hydrogen-bond donors (Lipinski definition) is 3. The van der Waals surface area contributed by atoms with Crippen LogP contribution in [0.1, 0.15) is 28.3 Å². The molecule has 2 heterocycles. The van der Waals surface area contributed by atoms with Crippen LogP contribution in [0.4, 0.5) is 5.69 Å². The van der Waals surface area contributed by atoms with E-state index in [-0.39, 0.29) is 0 Å². The lowest BCUT2D eigenvalue weighted by molar-refractivity contribution is 1.02. The number of anilines is 1. The van der Waals surface area contributed by atoms with E-state index in [9.17, 15) is 0 Å². The number of nitrogens with zero attached hydrogens (tertiary/aromatic N) is 2. The minimum atomic E-state index is 0.773. The molecule has 0 aromatic carbocycles. The van der Waals surface area contributed by atoms with Crippen LogP contribution in [0.25, 0.3) is 0 Å². The molecule has 0 saturated heterocycles. The van der Waals surface area contributed by atoms with E-state index < -0.39 is 0 Å². The van der Waals surface area contributed by atoms with E-state index >= 15 is 0 Å². The minimum absolute atomic E-state index is 0.773. The molecule has 0 radical (unpaired) electrons. The van der Waals surface area contributed by atoms with Crippen molar-refractivity contribution < 1.29 is 0 Å². The molecule has 0 aliphatic carbocycles. The van der Waals surface area contributed by atoms with Crippen LogP contribution in [0, 0.1) is 27.7 Å². The van der Waals surface area contributed by atoms with Gasteiger partial charge in [0, 0.05) is 17.8 Å². The lowest BCUT2D eigenvalue weighted by Gasteiger charge is -2.06. The van der Waals surface area contributed by atoms with E-state index in [1.165, 1.54) is 5.56 Å². The van der Waals surface area contributed by atoms with E-state index in [4.69, 9.17) is 0 Å². The second-order valence-electron chi connectivity index (χ2n) is 4.08. The number of aryl methyl sites for hydroxylation is 4. The Kier molecular flexibility index (Phi) is 2.68. The summed E-state index contributed by atoms with van der Waals surface area (Å²) < 4.78 is 0. The predicted octanol–water partition coefficient (Wildman–Crippen LogP) is 1.98. The van der Waals surface area contributed by atoms with Gasteiger partial charge in [0.1, 0.15) is 0 Å². The first-order chi connectivity index (χ1) is 7.59. The molecule has 5 nitrogen and oxygen atoms in total. The average Bonchev–Trinajstić information content (AvgIpc) is 2.72. The fourth-order valence-electron chi connectivity index (χ4n) is 1.82. The molecule has 86 valence electrons. The first-order valence-electron chi connectivity index (χ1n) is 5.35. The Labute approximate surface area is 94.7 Å². The van der Waals surface area contributed by atoms with E-state index in [2.05, 4.69) is 25.7 Å². The number of H-pyrrole nitrogens is 2. The van der Waals surface area contributed by atoms with Gasteiger partial charge in [-0.2, -0.15) is 10.2 Å². The van der Waals surface area contributed by atoms with Gasteiger partial charge in [0.15, 0.2) is 0 Å². The molecule has 2 aromatic rings. The maximum Gasteiger partial charge on any atom is 0.0825 e. The Morgan fingerprint density at radius 1 is 0.938 bits per heavy atom. The Morgan fingerprint density at radius 2 is 1.56 bits per heavy atom. The van der Waals surface area contributed by atoms with Crippen LogP contribution in [0.3, 0.4) is 0 Å². The van der Waals surface area contributed by atoms with Crippen LogP contribution < -0.4 is 5.32 Å². The van der Waals surface area contributed by atoms with E-state index in [1.807, 2.05) is 27.7 Å². The summed E-state index contributed by atoms with van der Waals surface area (Å²) in [5.41, 5.74) is 6.53. The van der Waals surface area contributed by atoms with Gasteiger partial charge in [0.25, 0.3) is 0 Å². The second-order valence-corrected chi connectivity index (χ2v) is 4.08. The van der Waals surface area contributed by atoms with E-state index in [1.54, 1.807) is 0 Å². The quantitative estimate of drug-likeness (QED) is 0.739. The van der Waals surface area contributed by atoms with E-state index in [0.29, 0.717) is 0 Å². The zero-order valence-corrected chi connectivity index (χ0v) is 10.1. The molecule has 0 aliphatic rings. The van der Waals surface area contributed by atoms with Gasteiger partial charge in [-0.15, -0.1) is 0 Å². The smallest absolute Gasteiger partial charge is 0.0825 e. The van der Waals surface area contributed by atoms with Gasteiger partial charge < -0.3 is 5.32 Å². The molecule has 0 atom stereocenters. The monoisotopic (exact) mass is 219 g/mol. The predicted molar refractivity (Wildman–Crippen MR) is 63.5 cm³/mol. The van der Waals surface area contributed by atoms with Crippen LogP contribution >= 0.6 is 0 Å². The standard InChI is InChI=1S/C11H17N5/c1-6-10(7(2)14-13-6)5-12-11-8(3)15-16-9(11)4/h12H,5H2,1-4H3,(H,13,14)(H,15,16). The third-order valence-corrected chi connectivity index (χ3v) is 2.85. The highest BCUT2D eigenvalue weighted by Crippen LogP contribution is 2.18. The van der Waals surface area contributed by atoms with Crippen LogP contribution in [0.5, 0.6) is 0 Å². The average molecular weight is 219 g/mol. The van der Waals surface area contributed by atoms with Crippen LogP contribution in [-0.4, -0.2) is 20.4 Å². The van der Waals surface area contributed by atoms with Gasteiger partial charge in [-0.25, -0.2) is 0 Å². The zero-order valence-electron chi connectivity index (χ0n) is 10.1. The molecular weight excluding hydrogens is 202 g/mol. The third kappa shape index (κ3) is 1.80. The van der Waals surface area contributed by atoms with E-state index in [0.717, 1.165) is 35.0 Å². The van der Waals surface area contributed by atoms with Crippen molar-refractivity contribution in [2.24, 2.45) is 0 Å². The number of aromatic amines is 2. The fraction of sp³-hybridized carbons (Fsp3) is 0.455. The topological polar surface area (TPSA) is 69.4 Å². The van der Waals surface area contributed by atoms with Crippen molar-refractivity contribution in [3.8, 4) is 0 Å². The maximum absolute atomic E-state index is 4.17. The van der Waals surface area contributed by atoms with Crippen LogP contribution in [-0.2, 0) is 6.54 Å². The minimum Gasteiger partial charge on any atom is -0.378 e. The molecular formula is C11H17N5.